The second-order valence-electron chi connectivity index (χ2n) is 6.25. The Labute approximate surface area is 120 Å². The molecule has 0 bridgehead atoms. The second-order valence-corrected chi connectivity index (χ2v) is 6.25. The lowest BCUT2D eigenvalue weighted by atomic mass is 9.75. The number of hydrogen-bond donors (Lipinski definition) is 3. The second kappa shape index (κ2) is 6.57. The summed E-state index contributed by atoms with van der Waals surface area (Å²) in [5.74, 6) is -0.354. The van der Waals surface area contributed by atoms with Crippen LogP contribution in [0, 0.1) is 11.8 Å². The van der Waals surface area contributed by atoms with E-state index in [9.17, 15) is 14.7 Å². The molecule has 114 valence electrons. The fourth-order valence-corrected chi connectivity index (χ4v) is 3.39. The monoisotopic (exact) mass is 282 g/mol. The zero-order chi connectivity index (χ0) is 14.6. The van der Waals surface area contributed by atoms with E-state index in [1.54, 1.807) is 0 Å². The van der Waals surface area contributed by atoms with Crippen LogP contribution in [0.4, 0.5) is 0 Å². The average molecular weight is 282 g/mol. The number of amides is 1. The summed E-state index contributed by atoms with van der Waals surface area (Å²) in [6, 6.07) is 0. The molecule has 0 atom stereocenters. The van der Waals surface area contributed by atoms with Crippen molar-refractivity contribution in [1.82, 2.24) is 10.6 Å². The van der Waals surface area contributed by atoms with Crippen molar-refractivity contribution in [3.8, 4) is 0 Å². The van der Waals surface area contributed by atoms with Gasteiger partial charge in [0.1, 0.15) is 5.54 Å². The van der Waals surface area contributed by atoms with Gasteiger partial charge in [-0.25, -0.2) is 4.79 Å². The summed E-state index contributed by atoms with van der Waals surface area (Å²) in [5, 5.41) is 15.7. The minimum absolute atomic E-state index is 0.0311. The zero-order valence-corrected chi connectivity index (χ0v) is 12.3. The fraction of sp³-hybridized carbons (Fsp3) is 0.867. The van der Waals surface area contributed by atoms with Gasteiger partial charge in [0.25, 0.3) is 0 Å². The van der Waals surface area contributed by atoms with Crippen LogP contribution >= 0.6 is 0 Å². The maximum Gasteiger partial charge on any atom is 0.329 e. The van der Waals surface area contributed by atoms with Gasteiger partial charge in [-0.2, -0.15) is 0 Å². The van der Waals surface area contributed by atoms with Gasteiger partial charge < -0.3 is 15.7 Å². The standard InChI is InChI=1S/C15H26N2O3/c1-2-11-3-7-15(8-4-11,14(19)20)17-13(18)12-5-9-16-10-6-12/h11-12,16H,2-10H2,1H3,(H,17,18)(H,19,20). The Bertz CT molecular complexity index is 356. The summed E-state index contributed by atoms with van der Waals surface area (Å²) in [7, 11) is 0. The van der Waals surface area contributed by atoms with E-state index in [0.717, 1.165) is 45.2 Å². The smallest absolute Gasteiger partial charge is 0.329 e. The molecular formula is C15H26N2O3. The van der Waals surface area contributed by atoms with Crippen molar-refractivity contribution >= 4 is 11.9 Å². The highest BCUT2D eigenvalue weighted by molar-refractivity contribution is 5.88. The van der Waals surface area contributed by atoms with Crippen LogP contribution in [0.2, 0.25) is 0 Å². The Morgan fingerprint density at radius 2 is 1.80 bits per heavy atom. The summed E-state index contributed by atoms with van der Waals surface area (Å²) in [6.07, 6.45) is 5.63. The summed E-state index contributed by atoms with van der Waals surface area (Å²) < 4.78 is 0. The van der Waals surface area contributed by atoms with Crippen molar-refractivity contribution in [3.05, 3.63) is 0 Å². The maximum absolute atomic E-state index is 12.3. The van der Waals surface area contributed by atoms with E-state index in [-0.39, 0.29) is 11.8 Å². The molecule has 0 aromatic rings. The molecule has 0 aromatic carbocycles. The molecule has 1 heterocycles. The van der Waals surface area contributed by atoms with Crippen LogP contribution in [0.5, 0.6) is 0 Å². The highest BCUT2D eigenvalue weighted by Gasteiger charge is 2.43. The molecule has 0 spiro atoms. The summed E-state index contributed by atoms with van der Waals surface area (Å²) in [5.41, 5.74) is -1.02. The Hall–Kier alpha value is -1.10. The first-order chi connectivity index (χ1) is 9.57. The summed E-state index contributed by atoms with van der Waals surface area (Å²) >= 11 is 0. The van der Waals surface area contributed by atoms with Gasteiger partial charge in [-0.3, -0.25) is 4.79 Å². The van der Waals surface area contributed by atoms with Crippen LogP contribution in [0.15, 0.2) is 0 Å². The molecule has 2 fully saturated rings. The van der Waals surface area contributed by atoms with Crippen molar-refractivity contribution in [2.45, 2.75) is 57.4 Å². The predicted octanol–water partition coefficient (Wildman–Crippen LogP) is 1.53. The molecule has 2 aliphatic rings. The van der Waals surface area contributed by atoms with Gasteiger partial charge in [-0.15, -0.1) is 0 Å². The van der Waals surface area contributed by atoms with Gasteiger partial charge in [-0.1, -0.05) is 13.3 Å². The van der Waals surface area contributed by atoms with E-state index >= 15 is 0 Å². The number of piperidine rings is 1. The highest BCUT2D eigenvalue weighted by atomic mass is 16.4. The third-order valence-electron chi connectivity index (χ3n) is 5.02. The van der Waals surface area contributed by atoms with Gasteiger partial charge in [0.2, 0.25) is 5.91 Å². The van der Waals surface area contributed by atoms with E-state index < -0.39 is 11.5 Å². The van der Waals surface area contributed by atoms with Crippen LogP contribution in [-0.2, 0) is 9.59 Å². The van der Waals surface area contributed by atoms with Crippen LogP contribution in [0.25, 0.3) is 0 Å². The lowest BCUT2D eigenvalue weighted by Crippen LogP contribution is -2.58. The SMILES string of the molecule is CCC1CCC(NC(=O)C2CCNCC2)(C(=O)O)CC1. The topological polar surface area (TPSA) is 78.4 Å². The van der Waals surface area contributed by atoms with E-state index in [4.69, 9.17) is 0 Å². The predicted molar refractivity (Wildman–Crippen MR) is 76.4 cm³/mol. The number of rotatable bonds is 4. The summed E-state index contributed by atoms with van der Waals surface area (Å²) in [6.45, 7) is 3.83. The Morgan fingerprint density at radius 3 is 2.30 bits per heavy atom. The quantitative estimate of drug-likeness (QED) is 0.730. The lowest BCUT2D eigenvalue weighted by molar-refractivity contribution is -0.150. The molecular weight excluding hydrogens is 256 g/mol. The highest BCUT2D eigenvalue weighted by Crippen LogP contribution is 2.34. The molecule has 3 N–H and O–H groups in total. The Morgan fingerprint density at radius 1 is 1.20 bits per heavy atom. The van der Waals surface area contributed by atoms with Crippen LogP contribution in [-0.4, -0.2) is 35.6 Å². The molecule has 2 rings (SSSR count). The molecule has 0 aromatic heterocycles. The molecule has 5 heteroatoms. The molecule has 1 amide bonds. The number of nitrogens with one attached hydrogen (secondary N) is 2. The van der Waals surface area contributed by atoms with Gasteiger partial charge in [0.05, 0.1) is 0 Å². The van der Waals surface area contributed by atoms with Crippen molar-refractivity contribution in [2.24, 2.45) is 11.8 Å². The number of carbonyl (C=O) groups is 2. The number of hydrogen-bond acceptors (Lipinski definition) is 3. The zero-order valence-electron chi connectivity index (χ0n) is 12.3. The Balaban J connectivity index is 1.98. The average Bonchev–Trinajstić information content (AvgIpc) is 2.48. The minimum atomic E-state index is -1.02. The van der Waals surface area contributed by atoms with Crippen LogP contribution in [0.3, 0.4) is 0 Å². The first-order valence-electron chi connectivity index (χ1n) is 7.83. The molecule has 1 saturated heterocycles. The molecule has 1 aliphatic carbocycles. The molecule has 1 aliphatic heterocycles. The first kappa shape index (κ1) is 15.3. The molecule has 5 nitrogen and oxygen atoms in total. The normalized spacial score (nSPS) is 31.8. The van der Waals surface area contributed by atoms with Gasteiger partial charge in [-0.05, 0) is 57.5 Å². The maximum atomic E-state index is 12.3. The van der Waals surface area contributed by atoms with E-state index in [0.29, 0.717) is 18.8 Å². The Kier molecular flexibility index (Phi) is 5.02. The van der Waals surface area contributed by atoms with Crippen molar-refractivity contribution < 1.29 is 14.7 Å². The number of carboxylic acid groups (broad SMARTS) is 1. The number of aliphatic carboxylic acids is 1. The van der Waals surface area contributed by atoms with Gasteiger partial charge in [0.15, 0.2) is 0 Å². The van der Waals surface area contributed by atoms with Crippen molar-refractivity contribution in [1.29, 1.82) is 0 Å². The van der Waals surface area contributed by atoms with Gasteiger partial charge >= 0.3 is 5.97 Å². The third kappa shape index (κ3) is 3.32. The number of carboxylic acids is 1. The minimum Gasteiger partial charge on any atom is -0.480 e. The lowest BCUT2D eigenvalue weighted by Gasteiger charge is -2.38. The molecule has 0 radical (unpaired) electrons. The number of carbonyl (C=O) groups excluding carboxylic acids is 1. The van der Waals surface area contributed by atoms with Crippen LogP contribution in [0.1, 0.15) is 51.9 Å². The van der Waals surface area contributed by atoms with Crippen LogP contribution < -0.4 is 10.6 Å². The molecule has 20 heavy (non-hydrogen) atoms. The van der Waals surface area contributed by atoms with Gasteiger partial charge in [0, 0.05) is 5.92 Å². The van der Waals surface area contributed by atoms with Crippen molar-refractivity contribution in [3.63, 3.8) is 0 Å². The molecule has 1 saturated carbocycles. The largest absolute Gasteiger partial charge is 0.480 e. The van der Waals surface area contributed by atoms with E-state index in [1.807, 2.05) is 0 Å². The third-order valence-corrected chi connectivity index (χ3v) is 5.02. The van der Waals surface area contributed by atoms with Crippen molar-refractivity contribution in [2.75, 3.05) is 13.1 Å². The first-order valence-corrected chi connectivity index (χ1v) is 7.83. The fourth-order valence-electron chi connectivity index (χ4n) is 3.39. The molecule has 0 unspecified atom stereocenters. The van der Waals surface area contributed by atoms with E-state index in [2.05, 4.69) is 17.6 Å². The summed E-state index contributed by atoms with van der Waals surface area (Å²) in [4.78, 5) is 24.0. The van der Waals surface area contributed by atoms with E-state index in [1.165, 1.54) is 0 Å².